The third kappa shape index (κ3) is 1.48. The van der Waals surface area contributed by atoms with Crippen LogP contribution in [0.1, 0.15) is 32.1 Å². The van der Waals surface area contributed by atoms with Gasteiger partial charge in [-0.2, -0.15) is 0 Å². The van der Waals surface area contributed by atoms with Crippen LogP contribution in [-0.2, 0) is 4.79 Å². The smallest absolute Gasteiger partial charge is 0.324 e. The predicted octanol–water partition coefficient (Wildman–Crippen LogP) is 1.60. The van der Waals surface area contributed by atoms with Crippen LogP contribution in [0.3, 0.4) is 0 Å². The molecule has 0 fully saturated rings. The Hall–Kier alpha value is -1.09. The average Bonchev–Trinajstić information content (AvgIpc) is 2.17. The highest BCUT2D eigenvalue weighted by molar-refractivity contribution is 5.79. The van der Waals surface area contributed by atoms with Gasteiger partial charge in [-0.3, -0.25) is 4.79 Å². The summed E-state index contributed by atoms with van der Waals surface area (Å²) in [7, 11) is 0. The molecule has 0 saturated heterocycles. The quantitative estimate of drug-likeness (QED) is 0.664. The van der Waals surface area contributed by atoms with Crippen LogP contribution >= 0.6 is 0 Å². The molecule has 3 nitrogen and oxygen atoms in total. The van der Waals surface area contributed by atoms with E-state index in [1.54, 1.807) is 0 Å². The molecule has 3 N–H and O–H groups in total. The average molecular weight is 193 g/mol. The van der Waals surface area contributed by atoms with Crippen molar-refractivity contribution in [2.24, 2.45) is 5.73 Å². The zero-order chi connectivity index (χ0) is 10.2. The van der Waals surface area contributed by atoms with E-state index >= 15 is 0 Å². The number of carboxylic acids is 1. The summed E-state index contributed by atoms with van der Waals surface area (Å²) < 4.78 is 0. The van der Waals surface area contributed by atoms with Gasteiger partial charge < -0.3 is 10.8 Å². The number of hydrogen-bond acceptors (Lipinski definition) is 2. The van der Waals surface area contributed by atoms with Gasteiger partial charge in [0, 0.05) is 0 Å². The second kappa shape index (κ2) is 3.24. The van der Waals surface area contributed by atoms with Gasteiger partial charge in [-0.15, -0.1) is 0 Å². The lowest BCUT2D eigenvalue weighted by atomic mass is 9.76. The van der Waals surface area contributed by atoms with Crippen molar-refractivity contribution in [1.82, 2.24) is 0 Å². The fraction of sp³-hybridized carbons (Fsp3) is 0.545. The Kier molecular flexibility index (Phi) is 2.19. The number of carboxylic acid groups (broad SMARTS) is 1. The molecule has 0 radical (unpaired) electrons. The van der Waals surface area contributed by atoms with Crippen molar-refractivity contribution in [2.45, 2.75) is 37.6 Å². The van der Waals surface area contributed by atoms with Crippen LogP contribution in [0, 0.1) is 0 Å². The van der Waals surface area contributed by atoms with Crippen LogP contribution in [0.5, 0.6) is 0 Å². The first kappa shape index (κ1) is 9.46. The highest BCUT2D eigenvalue weighted by Gasteiger charge is 2.38. The molecule has 0 saturated carbocycles. The van der Waals surface area contributed by atoms with Crippen molar-refractivity contribution in [3.63, 3.8) is 0 Å². The third-order valence-corrected chi connectivity index (χ3v) is 3.18. The molecule has 2 aliphatic rings. The lowest BCUT2D eigenvalue weighted by molar-refractivity contribution is -0.143. The second-order valence-corrected chi connectivity index (χ2v) is 4.21. The maximum atomic E-state index is 11.0. The molecule has 76 valence electrons. The summed E-state index contributed by atoms with van der Waals surface area (Å²) in [6.07, 6.45) is 8.19. The molecule has 0 aromatic heterocycles. The molecule has 0 amide bonds. The first-order valence-corrected chi connectivity index (χ1v) is 5.01. The first-order valence-electron chi connectivity index (χ1n) is 5.01. The van der Waals surface area contributed by atoms with E-state index in [-0.39, 0.29) is 0 Å². The Bertz CT molecular complexity index is 330. The Morgan fingerprint density at radius 2 is 2.29 bits per heavy atom. The fourth-order valence-corrected chi connectivity index (χ4v) is 2.23. The van der Waals surface area contributed by atoms with Gasteiger partial charge in [0.2, 0.25) is 0 Å². The zero-order valence-electron chi connectivity index (χ0n) is 8.12. The van der Waals surface area contributed by atoms with Crippen LogP contribution in [-0.4, -0.2) is 16.6 Å². The fourth-order valence-electron chi connectivity index (χ4n) is 2.23. The molecular formula is C11H15NO2. The normalized spacial score (nSPS) is 31.5. The number of aliphatic carboxylic acids is 1. The molecule has 2 aliphatic carbocycles. The third-order valence-electron chi connectivity index (χ3n) is 3.18. The Morgan fingerprint density at radius 3 is 3.00 bits per heavy atom. The molecule has 0 heterocycles. The summed E-state index contributed by atoms with van der Waals surface area (Å²) in [6, 6.07) is 0. The largest absolute Gasteiger partial charge is 0.480 e. The highest BCUT2D eigenvalue weighted by atomic mass is 16.4. The van der Waals surface area contributed by atoms with Crippen molar-refractivity contribution in [3.8, 4) is 0 Å². The zero-order valence-corrected chi connectivity index (χ0v) is 8.12. The van der Waals surface area contributed by atoms with Crippen LogP contribution < -0.4 is 5.73 Å². The molecule has 1 unspecified atom stereocenters. The number of carbonyl (C=O) groups is 1. The second-order valence-electron chi connectivity index (χ2n) is 4.21. The van der Waals surface area contributed by atoms with Crippen LogP contribution in [0.2, 0.25) is 0 Å². The minimum atomic E-state index is -1.01. The molecule has 0 aliphatic heterocycles. The number of rotatable bonds is 1. The minimum absolute atomic E-state index is 0.530. The SMILES string of the molecule is NC1(C(=O)O)CCC2=C(CCC=C2)C1. The highest BCUT2D eigenvalue weighted by Crippen LogP contribution is 2.36. The molecule has 3 heteroatoms. The summed E-state index contributed by atoms with van der Waals surface area (Å²) in [5.41, 5.74) is 7.41. The van der Waals surface area contributed by atoms with Gasteiger partial charge in [-0.1, -0.05) is 17.7 Å². The maximum Gasteiger partial charge on any atom is 0.324 e. The number of allylic oxidation sites excluding steroid dienone is 3. The first-order chi connectivity index (χ1) is 6.62. The standard InChI is InChI=1S/C11H15NO2/c12-11(10(13)14)6-5-8-3-1-2-4-9(8)7-11/h1,3H,2,4-7,12H2,(H,13,14). The van der Waals surface area contributed by atoms with E-state index in [0.29, 0.717) is 12.8 Å². The van der Waals surface area contributed by atoms with E-state index in [2.05, 4.69) is 12.2 Å². The van der Waals surface area contributed by atoms with Gasteiger partial charge >= 0.3 is 5.97 Å². The van der Waals surface area contributed by atoms with Crippen LogP contribution in [0.4, 0.5) is 0 Å². The van der Waals surface area contributed by atoms with Gasteiger partial charge in [-0.05, 0) is 37.7 Å². The summed E-state index contributed by atoms with van der Waals surface area (Å²) >= 11 is 0. The lowest BCUT2D eigenvalue weighted by Crippen LogP contribution is -2.49. The summed E-state index contributed by atoms with van der Waals surface area (Å²) in [5.74, 6) is -0.862. The van der Waals surface area contributed by atoms with Gasteiger partial charge in [0.1, 0.15) is 5.54 Å². The minimum Gasteiger partial charge on any atom is -0.480 e. The molecular weight excluding hydrogens is 178 g/mol. The summed E-state index contributed by atoms with van der Waals surface area (Å²) in [5, 5.41) is 9.02. The lowest BCUT2D eigenvalue weighted by Gasteiger charge is -2.33. The predicted molar refractivity (Wildman–Crippen MR) is 53.8 cm³/mol. The van der Waals surface area contributed by atoms with E-state index in [0.717, 1.165) is 19.3 Å². The molecule has 2 rings (SSSR count). The summed E-state index contributed by atoms with van der Waals surface area (Å²) in [4.78, 5) is 11.0. The van der Waals surface area contributed by atoms with Crippen molar-refractivity contribution < 1.29 is 9.90 Å². The van der Waals surface area contributed by atoms with Crippen molar-refractivity contribution in [1.29, 1.82) is 0 Å². The number of hydrogen-bond donors (Lipinski definition) is 2. The van der Waals surface area contributed by atoms with E-state index in [4.69, 9.17) is 10.8 Å². The Labute approximate surface area is 83.3 Å². The number of nitrogens with two attached hydrogens (primary N) is 1. The van der Waals surface area contributed by atoms with Crippen molar-refractivity contribution in [2.75, 3.05) is 0 Å². The molecule has 14 heavy (non-hydrogen) atoms. The Balaban J connectivity index is 2.24. The molecule has 1 atom stereocenters. The van der Waals surface area contributed by atoms with Gasteiger partial charge in [0.25, 0.3) is 0 Å². The monoisotopic (exact) mass is 193 g/mol. The molecule has 0 spiro atoms. The van der Waals surface area contributed by atoms with Crippen LogP contribution in [0.15, 0.2) is 23.3 Å². The van der Waals surface area contributed by atoms with E-state index in [1.165, 1.54) is 11.1 Å². The molecule has 0 bridgehead atoms. The summed E-state index contributed by atoms with van der Waals surface area (Å²) in [6.45, 7) is 0. The van der Waals surface area contributed by atoms with Crippen molar-refractivity contribution >= 4 is 5.97 Å². The van der Waals surface area contributed by atoms with Crippen molar-refractivity contribution in [3.05, 3.63) is 23.3 Å². The topological polar surface area (TPSA) is 63.3 Å². The van der Waals surface area contributed by atoms with E-state index < -0.39 is 11.5 Å². The Morgan fingerprint density at radius 1 is 1.50 bits per heavy atom. The maximum absolute atomic E-state index is 11.0. The van der Waals surface area contributed by atoms with Gasteiger partial charge in [-0.25, -0.2) is 0 Å². The van der Waals surface area contributed by atoms with E-state index in [1.807, 2.05) is 0 Å². The van der Waals surface area contributed by atoms with Gasteiger partial charge in [0.15, 0.2) is 0 Å². The van der Waals surface area contributed by atoms with Crippen LogP contribution in [0.25, 0.3) is 0 Å². The van der Waals surface area contributed by atoms with Gasteiger partial charge in [0.05, 0.1) is 0 Å². The molecule has 0 aromatic rings. The van der Waals surface area contributed by atoms with E-state index in [9.17, 15) is 4.79 Å². The molecule has 0 aromatic carbocycles.